The second kappa shape index (κ2) is 5.69. The Labute approximate surface area is 127 Å². The van der Waals surface area contributed by atoms with Gasteiger partial charge in [-0.15, -0.1) is 5.10 Å². The van der Waals surface area contributed by atoms with Gasteiger partial charge in [-0.3, -0.25) is 4.79 Å². The highest BCUT2D eigenvalue weighted by molar-refractivity contribution is 7.08. The molecule has 0 spiro atoms. The minimum absolute atomic E-state index is 0.237. The number of methoxy groups -OCH3 is 1. The van der Waals surface area contributed by atoms with Gasteiger partial charge in [-0.05, 0) is 29.7 Å². The number of nitrogens with one attached hydrogen (secondary N) is 1. The van der Waals surface area contributed by atoms with Crippen LogP contribution in [0.1, 0.15) is 36.1 Å². The molecule has 0 aliphatic carbocycles. The van der Waals surface area contributed by atoms with E-state index in [1.54, 1.807) is 25.3 Å². The first-order valence-electron chi connectivity index (χ1n) is 6.40. The third-order valence-corrected chi connectivity index (χ3v) is 3.62. The SMILES string of the molecule is COc1ccc(NC(=O)c2snnc2C(C)(C)C)cc1N. The Morgan fingerprint density at radius 3 is 2.67 bits per heavy atom. The van der Waals surface area contributed by atoms with Crippen LogP contribution < -0.4 is 15.8 Å². The Morgan fingerprint density at radius 1 is 1.38 bits per heavy atom. The van der Waals surface area contributed by atoms with Gasteiger partial charge in [0, 0.05) is 11.1 Å². The molecule has 3 N–H and O–H groups in total. The molecule has 0 aliphatic rings. The molecule has 0 atom stereocenters. The van der Waals surface area contributed by atoms with Crippen LogP contribution >= 0.6 is 11.5 Å². The van der Waals surface area contributed by atoms with E-state index >= 15 is 0 Å². The molecule has 0 unspecified atom stereocenters. The first-order chi connectivity index (χ1) is 9.82. The second-order valence-corrected chi connectivity index (χ2v) is 6.37. The lowest BCUT2D eigenvalue weighted by atomic mass is 9.91. The summed E-state index contributed by atoms with van der Waals surface area (Å²) in [6.07, 6.45) is 0. The van der Waals surface area contributed by atoms with Crippen molar-refractivity contribution >= 4 is 28.8 Å². The molecule has 7 heteroatoms. The molecule has 1 aromatic carbocycles. The van der Waals surface area contributed by atoms with Crippen molar-refractivity contribution in [3.63, 3.8) is 0 Å². The summed E-state index contributed by atoms with van der Waals surface area (Å²) in [6.45, 7) is 5.98. The summed E-state index contributed by atoms with van der Waals surface area (Å²) < 4.78 is 8.97. The van der Waals surface area contributed by atoms with Crippen LogP contribution in [0.2, 0.25) is 0 Å². The summed E-state index contributed by atoms with van der Waals surface area (Å²) in [5.41, 5.74) is 7.35. The molecule has 2 aromatic rings. The normalized spacial score (nSPS) is 11.2. The molecule has 0 aliphatic heterocycles. The summed E-state index contributed by atoms with van der Waals surface area (Å²) in [4.78, 5) is 12.9. The highest BCUT2D eigenvalue weighted by Gasteiger charge is 2.26. The molecule has 1 amide bonds. The Kier molecular flexibility index (Phi) is 4.13. The highest BCUT2D eigenvalue weighted by atomic mass is 32.1. The number of anilines is 2. The van der Waals surface area contributed by atoms with E-state index in [4.69, 9.17) is 10.5 Å². The fourth-order valence-corrected chi connectivity index (χ4v) is 2.60. The molecule has 0 bridgehead atoms. The van der Waals surface area contributed by atoms with Crippen LogP contribution in [-0.2, 0) is 5.41 Å². The van der Waals surface area contributed by atoms with Crippen LogP contribution in [0.5, 0.6) is 5.75 Å². The van der Waals surface area contributed by atoms with Gasteiger partial charge in [-0.25, -0.2) is 0 Å². The van der Waals surface area contributed by atoms with Crippen molar-refractivity contribution in [2.24, 2.45) is 0 Å². The first kappa shape index (κ1) is 15.2. The molecule has 0 fully saturated rings. The number of hydrogen-bond acceptors (Lipinski definition) is 6. The topological polar surface area (TPSA) is 90.1 Å². The van der Waals surface area contributed by atoms with Crippen LogP contribution in [0, 0.1) is 0 Å². The predicted octanol–water partition coefficient (Wildman–Crippen LogP) is 2.68. The number of hydrogen-bond donors (Lipinski definition) is 2. The molecule has 1 aromatic heterocycles. The van der Waals surface area contributed by atoms with Gasteiger partial charge in [0.25, 0.3) is 5.91 Å². The van der Waals surface area contributed by atoms with Gasteiger partial charge >= 0.3 is 0 Å². The Hall–Kier alpha value is -2.15. The summed E-state index contributed by atoms with van der Waals surface area (Å²) in [6, 6.07) is 5.10. The standard InChI is InChI=1S/C14H18N4O2S/c1-14(2,3)12-11(21-18-17-12)13(19)16-8-5-6-10(20-4)9(15)7-8/h5-7H,15H2,1-4H3,(H,16,19). The average Bonchev–Trinajstić information content (AvgIpc) is 2.88. The van der Waals surface area contributed by atoms with Crippen molar-refractivity contribution in [3.05, 3.63) is 28.8 Å². The van der Waals surface area contributed by atoms with E-state index in [0.717, 1.165) is 11.5 Å². The van der Waals surface area contributed by atoms with Crippen LogP contribution in [0.3, 0.4) is 0 Å². The van der Waals surface area contributed by atoms with E-state index < -0.39 is 0 Å². The molecular weight excluding hydrogens is 288 g/mol. The molecule has 0 saturated carbocycles. The maximum Gasteiger partial charge on any atom is 0.269 e. The van der Waals surface area contributed by atoms with Gasteiger partial charge < -0.3 is 15.8 Å². The Morgan fingerprint density at radius 2 is 2.10 bits per heavy atom. The van der Waals surface area contributed by atoms with Crippen molar-refractivity contribution in [2.45, 2.75) is 26.2 Å². The fourth-order valence-electron chi connectivity index (χ4n) is 1.83. The Bertz CT molecular complexity index is 661. The quantitative estimate of drug-likeness (QED) is 0.851. The predicted molar refractivity (Wildman–Crippen MR) is 84.0 cm³/mol. The third-order valence-electron chi connectivity index (χ3n) is 2.89. The van der Waals surface area contributed by atoms with E-state index in [9.17, 15) is 4.79 Å². The van der Waals surface area contributed by atoms with E-state index in [1.807, 2.05) is 20.8 Å². The number of carbonyl (C=O) groups excluding carboxylic acids is 1. The lowest BCUT2D eigenvalue weighted by Gasteiger charge is -2.16. The zero-order valence-corrected chi connectivity index (χ0v) is 13.2. The van der Waals surface area contributed by atoms with Crippen LogP contribution in [0.4, 0.5) is 11.4 Å². The number of ether oxygens (including phenoxy) is 1. The maximum absolute atomic E-state index is 12.4. The molecule has 6 nitrogen and oxygen atoms in total. The van der Waals surface area contributed by atoms with E-state index in [1.165, 1.54) is 0 Å². The van der Waals surface area contributed by atoms with Crippen LogP contribution in [0.25, 0.3) is 0 Å². The molecular formula is C14H18N4O2S. The summed E-state index contributed by atoms with van der Waals surface area (Å²) in [5.74, 6) is 0.335. The number of rotatable bonds is 3. The minimum Gasteiger partial charge on any atom is -0.495 e. The zero-order valence-electron chi connectivity index (χ0n) is 12.4. The third kappa shape index (κ3) is 3.30. The smallest absolute Gasteiger partial charge is 0.269 e. The lowest BCUT2D eigenvalue weighted by molar-refractivity contribution is 0.102. The zero-order chi connectivity index (χ0) is 15.6. The van der Waals surface area contributed by atoms with E-state index in [-0.39, 0.29) is 11.3 Å². The molecule has 1 heterocycles. The van der Waals surface area contributed by atoms with Crippen molar-refractivity contribution in [3.8, 4) is 5.75 Å². The average molecular weight is 306 g/mol. The summed E-state index contributed by atoms with van der Waals surface area (Å²) in [5, 5.41) is 6.86. The largest absolute Gasteiger partial charge is 0.495 e. The van der Waals surface area contributed by atoms with Crippen LogP contribution in [0.15, 0.2) is 18.2 Å². The highest BCUT2D eigenvalue weighted by Crippen LogP contribution is 2.28. The Balaban J connectivity index is 2.23. The van der Waals surface area contributed by atoms with Gasteiger partial charge in [0.15, 0.2) is 0 Å². The molecule has 112 valence electrons. The van der Waals surface area contributed by atoms with E-state index in [2.05, 4.69) is 14.9 Å². The molecule has 21 heavy (non-hydrogen) atoms. The van der Waals surface area contributed by atoms with E-state index in [0.29, 0.717) is 27.7 Å². The monoisotopic (exact) mass is 306 g/mol. The van der Waals surface area contributed by atoms with Gasteiger partial charge in [0.05, 0.1) is 18.5 Å². The van der Waals surface area contributed by atoms with Crippen molar-refractivity contribution in [1.82, 2.24) is 9.59 Å². The van der Waals surface area contributed by atoms with Crippen molar-refractivity contribution in [2.75, 3.05) is 18.2 Å². The summed E-state index contributed by atoms with van der Waals surface area (Å²) >= 11 is 1.09. The summed E-state index contributed by atoms with van der Waals surface area (Å²) in [7, 11) is 1.54. The maximum atomic E-state index is 12.4. The molecule has 2 rings (SSSR count). The van der Waals surface area contributed by atoms with Gasteiger partial charge in [0.1, 0.15) is 10.6 Å². The van der Waals surface area contributed by atoms with Gasteiger partial charge in [0.2, 0.25) is 0 Å². The number of nitrogens with two attached hydrogens (primary N) is 1. The number of amides is 1. The number of aromatic nitrogens is 2. The molecule has 0 radical (unpaired) electrons. The second-order valence-electron chi connectivity index (χ2n) is 5.61. The minimum atomic E-state index is -0.237. The van der Waals surface area contributed by atoms with Crippen molar-refractivity contribution in [1.29, 1.82) is 0 Å². The fraction of sp³-hybridized carbons (Fsp3) is 0.357. The lowest BCUT2D eigenvalue weighted by Crippen LogP contribution is -2.19. The first-order valence-corrected chi connectivity index (χ1v) is 7.18. The number of benzene rings is 1. The number of carbonyl (C=O) groups is 1. The van der Waals surface area contributed by atoms with Gasteiger partial charge in [-0.2, -0.15) is 0 Å². The number of nitrogens with zero attached hydrogens (tertiary/aromatic N) is 2. The van der Waals surface area contributed by atoms with Gasteiger partial charge in [-0.1, -0.05) is 25.3 Å². The van der Waals surface area contributed by atoms with Crippen LogP contribution in [-0.4, -0.2) is 22.6 Å². The number of nitrogen functional groups attached to an aromatic ring is 1. The molecule has 0 saturated heterocycles. The van der Waals surface area contributed by atoms with Crippen molar-refractivity contribution < 1.29 is 9.53 Å².